The zero-order valence-corrected chi connectivity index (χ0v) is 23.8. The van der Waals surface area contributed by atoms with Crippen molar-refractivity contribution in [3.63, 3.8) is 0 Å². The fourth-order valence-corrected chi connectivity index (χ4v) is 6.92. The van der Waals surface area contributed by atoms with E-state index in [1.807, 2.05) is 4.90 Å². The summed E-state index contributed by atoms with van der Waals surface area (Å²) in [5, 5.41) is 19.0. The molecule has 230 valence electrons. The number of likely N-dealkylation sites (N-methyl/N-ethyl adjacent to an activating group) is 1. The van der Waals surface area contributed by atoms with Gasteiger partial charge in [0.2, 0.25) is 0 Å². The Bertz CT molecular complexity index is 1440. The van der Waals surface area contributed by atoms with Crippen molar-refractivity contribution >= 4 is 17.6 Å². The van der Waals surface area contributed by atoms with Crippen molar-refractivity contribution in [3.8, 4) is 12.1 Å². The molecule has 1 saturated carbocycles. The summed E-state index contributed by atoms with van der Waals surface area (Å²) in [6.45, 7) is 1.83. The highest BCUT2D eigenvalue weighted by atomic mass is 19.4. The van der Waals surface area contributed by atoms with E-state index in [9.17, 15) is 32.7 Å². The highest BCUT2D eigenvalue weighted by molar-refractivity contribution is 5.66. The molecule has 4 aliphatic rings. The van der Waals surface area contributed by atoms with Gasteiger partial charge in [-0.3, -0.25) is 4.90 Å². The number of nitriles is 1. The molecule has 0 radical (unpaired) electrons. The second-order valence-corrected chi connectivity index (χ2v) is 11.8. The van der Waals surface area contributed by atoms with Gasteiger partial charge in [-0.2, -0.15) is 28.4 Å². The van der Waals surface area contributed by atoms with Crippen molar-refractivity contribution in [2.45, 2.75) is 68.9 Å². The molecule has 1 aromatic carbocycles. The van der Waals surface area contributed by atoms with E-state index in [2.05, 4.69) is 18.0 Å². The molecule has 0 bridgehead atoms. The quantitative estimate of drug-likeness (QED) is 0.484. The first-order valence-electron chi connectivity index (χ1n) is 14.5. The Labute approximate surface area is 246 Å². The largest absolute Gasteiger partial charge is 0.465 e. The summed E-state index contributed by atoms with van der Waals surface area (Å²) in [5.41, 5.74) is -0.791. The van der Waals surface area contributed by atoms with Crippen LogP contribution in [0.25, 0.3) is 0 Å². The average molecular weight is 604 g/mol. The van der Waals surface area contributed by atoms with E-state index in [0.717, 1.165) is 43.9 Å². The lowest BCUT2D eigenvalue weighted by molar-refractivity contribution is -0.139. The van der Waals surface area contributed by atoms with Crippen LogP contribution in [0.4, 0.5) is 33.9 Å². The van der Waals surface area contributed by atoms with Crippen LogP contribution in [0.1, 0.15) is 48.9 Å². The van der Waals surface area contributed by atoms with Crippen LogP contribution in [0.2, 0.25) is 0 Å². The van der Waals surface area contributed by atoms with Crippen LogP contribution >= 0.6 is 0 Å². The fourth-order valence-electron chi connectivity index (χ4n) is 6.92. The minimum absolute atomic E-state index is 0.00409. The molecule has 0 spiro atoms. The molecule has 3 aliphatic heterocycles. The lowest BCUT2D eigenvalue weighted by atomic mass is 10.0. The minimum Gasteiger partial charge on any atom is -0.465 e. The monoisotopic (exact) mass is 603 g/mol. The number of carbonyl (C=O) groups is 1. The van der Waals surface area contributed by atoms with E-state index in [0.29, 0.717) is 18.1 Å². The molecule has 1 aliphatic carbocycles. The van der Waals surface area contributed by atoms with Gasteiger partial charge in [0, 0.05) is 37.8 Å². The molecule has 2 atom stereocenters. The van der Waals surface area contributed by atoms with Crippen LogP contribution in [0, 0.1) is 17.1 Å². The molecular formula is C29H33F4N7O3. The SMILES string of the molecule is CN1CCCC1C1(Oc2nc3c(c(N4CCN(C(=O)O)C(CC#N)C4)n2)CCN(c2cccc(F)c2C(F)(F)F)C3)CC1. The van der Waals surface area contributed by atoms with Crippen LogP contribution < -0.4 is 14.5 Å². The summed E-state index contributed by atoms with van der Waals surface area (Å²) in [5.74, 6) is -0.794. The van der Waals surface area contributed by atoms with Crippen LogP contribution in [-0.2, 0) is 19.1 Å². The number of benzene rings is 1. The van der Waals surface area contributed by atoms with Gasteiger partial charge in [-0.25, -0.2) is 9.18 Å². The molecule has 2 unspecified atom stereocenters. The van der Waals surface area contributed by atoms with Gasteiger partial charge in [-0.05, 0) is 57.8 Å². The maximum absolute atomic E-state index is 14.5. The number of anilines is 2. The Morgan fingerprint density at radius 3 is 2.63 bits per heavy atom. The third kappa shape index (κ3) is 5.50. The van der Waals surface area contributed by atoms with E-state index in [1.54, 1.807) is 0 Å². The number of hydrogen-bond acceptors (Lipinski definition) is 8. The summed E-state index contributed by atoms with van der Waals surface area (Å²) in [6.07, 6.45) is -1.97. The number of hydrogen-bond donors (Lipinski definition) is 1. The molecule has 6 rings (SSSR count). The molecule has 4 heterocycles. The number of fused-ring (bicyclic) bond motifs is 1. The molecular weight excluding hydrogens is 570 g/mol. The van der Waals surface area contributed by atoms with E-state index in [1.165, 1.54) is 21.9 Å². The summed E-state index contributed by atoms with van der Waals surface area (Å²) < 4.78 is 62.7. The maximum Gasteiger partial charge on any atom is 0.421 e. The van der Waals surface area contributed by atoms with E-state index in [-0.39, 0.29) is 56.8 Å². The Morgan fingerprint density at radius 1 is 1.19 bits per heavy atom. The highest BCUT2D eigenvalue weighted by Gasteiger charge is 2.55. The minimum atomic E-state index is -4.88. The van der Waals surface area contributed by atoms with Gasteiger partial charge in [0.1, 0.15) is 22.8 Å². The van der Waals surface area contributed by atoms with Crippen LogP contribution in [0.5, 0.6) is 6.01 Å². The number of rotatable bonds is 6. The zero-order valence-electron chi connectivity index (χ0n) is 23.8. The Morgan fingerprint density at radius 2 is 1.98 bits per heavy atom. The second kappa shape index (κ2) is 11.0. The van der Waals surface area contributed by atoms with Gasteiger partial charge in [0.25, 0.3) is 0 Å². The zero-order chi connectivity index (χ0) is 30.5. The standard InChI is InChI=1S/C29H33F4N7O3/c1-37-12-3-6-23(37)28(9-10-28)43-26-35-21-17-38(22-5-2-4-20(30)24(22)29(31,32)33)13-8-19(21)25(36-26)39-14-15-40(27(41)42)18(16-39)7-11-34/h2,4-5,18,23H,3,6-10,12-17H2,1H3,(H,41,42). The van der Waals surface area contributed by atoms with E-state index >= 15 is 0 Å². The molecule has 14 heteroatoms. The number of alkyl halides is 3. The lowest BCUT2D eigenvalue weighted by Crippen LogP contribution is -2.55. The number of likely N-dealkylation sites (tertiary alicyclic amines) is 1. The van der Waals surface area contributed by atoms with Crippen molar-refractivity contribution in [1.29, 1.82) is 5.26 Å². The second-order valence-electron chi connectivity index (χ2n) is 11.8. The molecule has 1 amide bonds. The van der Waals surface area contributed by atoms with Gasteiger partial charge in [0.05, 0.1) is 36.5 Å². The van der Waals surface area contributed by atoms with E-state index < -0.39 is 35.3 Å². The van der Waals surface area contributed by atoms with Crippen LogP contribution in [0.3, 0.4) is 0 Å². The number of aromatic nitrogens is 2. The van der Waals surface area contributed by atoms with Gasteiger partial charge < -0.3 is 24.5 Å². The number of amides is 1. The average Bonchev–Trinajstić information content (AvgIpc) is 3.59. The van der Waals surface area contributed by atoms with Crippen molar-refractivity contribution in [3.05, 3.63) is 40.8 Å². The predicted octanol–water partition coefficient (Wildman–Crippen LogP) is 4.29. The topological polar surface area (TPSA) is 109 Å². The molecule has 2 aromatic rings. The van der Waals surface area contributed by atoms with Crippen molar-refractivity contribution in [2.75, 3.05) is 49.6 Å². The first-order chi connectivity index (χ1) is 20.5. The Hall–Kier alpha value is -3.86. The molecule has 2 saturated heterocycles. The number of piperazine rings is 1. The fraction of sp³-hybridized carbons (Fsp3) is 0.586. The maximum atomic E-state index is 14.5. The van der Waals surface area contributed by atoms with Crippen molar-refractivity contribution < 1.29 is 32.2 Å². The molecule has 10 nitrogen and oxygen atoms in total. The number of nitrogens with zero attached hydrogens (tertiary/aromatic N) is 7. The summed E-state index contributed by atoms with van der Waals surface area (Å²) >= 11 is 0. The molecule has 3 fully saturated rings. The third-order valence-electron chi connectivity index (χ3n) is 9.16. The molecule has 1 aromatic heterocycles. The summed E-state index contributed by atoms with van der Waals surface area (Å²) in [4.78, 5) is 28.3. The van der Waals surface area contributed by atoms with Gasteiger partial charge >= 0.3 is 18.3 Å². The smallest absolute Gasteiger partial charge is 0.421 e. The van der Waals surface area contributed by atoms with Crippen molar-refractivity contribution in [2.24, 2.45) is 0 Å². The van der Waals surface area contributed by atoms with Gasteiger partial charge in [-0.15, -0.1) is 0 Å². The Balaban J connectivity index is 1.37. The van der Waals surface area contributed by atoms with Crippen molar-refractivity contribution in [1.82, 2.24) is 19.8 Å². The highest BCUT2D eigenvalue weighted by Crippen LogP contribution is 2.48. The van der Waals surface area contributed by atoms with Crippen LogP contribution in [0.15, 0.2) is 18.2 Å². The third-order valence-corrected chi connectivity index (χ3v) is 9.16. The number of ether oxygens (including phenoxy) is 1. The predicted molar refractivity (Wildman–Crippen MR) is 147 cm³/mol. The summed E-state index contributed by atoms with van der Waals surface area (Å²) in [7, 11) is 2.06. The van der Waals surface area contributed by atoms with Gasteiger partial charge in [0.15, 0.2) is 0 Å². The molecule has 1 N–H and O–H groups in total. The Kier molecular flexibility index (Phi) is 7.48. The van der Waals surface area contributed by atoms with Gasteiger partial charge in [-0.1, -0.05) is 6.07 Å². The number of carboxylic acid groups (broad SMARTS) is 1. The summed E-state index contributed by atoms with van der Waals surface area (Å²) in [6, 6.07) is 5.16. The number of halogens is 4. The first-order valence-corrected chi connectivity index (χ1v) is 14.5. The molecule has 43 heavy (non-hydrogen) atoms. The normalized spacial score (nSPS) is 23.6. The first kappa shape index (κ1) is 29.2. The lowest BCUT2D eigenvalue weighted by Gasteiger charge is -2.41. The van der Waals surface area contributed by atoms with E-state index in [4.69, 9.17) is 14.7 Å². The van der Waals surface area contributed by atoms with Crippen LogP contribution in [-0.4, -0.2) is 88.4 Å².